The fraction of sp³-hybridized carbons (Fsp3) is 0.714. The molecule has 1 aliphatic rings. The summed E-state index contributed by atoms with van der Waals surface area (Å²) in [5.74, 6) is 0.0615. The van der Waals surface area contributed by atoms with Crippen molar-refractivity contribution in [3.8, 4) is 0 Å². The summed E-state index contributed by atoms with van der Waals surface area (Å²) in [7, 11) is 1.92. The number of halogens is 1. The van der Waals surface area contributed by atoms with E-state index in [0.717, 1.165) is 24.3 Å². The highest BCUT2D eigenvalue weighted by atomic mass is 35.5. The molecular formula is C14H24ClN3OS. The average Bonchev–Trinajstić information content (AvgIpc) is 2.72. The first-order valence-corrected chi connectivity index (χ1v) is 8.02. The molecule has 0 atom stereocenters. The standard InChI is InChI=1S/C14H23N3OS.ClH/c1-17(11-6-4-2-3-5-7-11)14(18)12-10-19-13(16-12)8-9-15;/h10-11H,2-9,15H2,1H3;1H. The second kappa shape index (κ2) is 8.60. The van der Waals surface area contributed by atoms with Gasteiger partial charge in [0.05, 0.1) is 5.01 Å². The topological polar surface area (TPSA) is 59.2 Å². The van der Waals surface area contributed by atoms with E-state index in [0.29, 0.717) is 18.3 Å². The quantitative estimate of drug-likeness (QED) is 0.869. The van der Waals surface area contributed by atoms with E-state index in [2.05, 4.69) is 4.98 Å². The Hall–Kier alpha value is -0.650. The van der Waals surface area contributed by atoms with Crippen LogP contribution in [0.25, 0.3) is 0 Å². The van der Waals surface area contributed by atoms with Crippen molar-refractivity contribution in [1.29, 1.82) is 0 Å². The summed E-state index contributed by atoms with van der Waals surface area (Å²) < 4.78 is 0. The van der Waals surface area contributed by atoms with Gasteiger partial charge in [0.25, 0.3) is 5.91 Å². The average molecular weight is 318 g/mol. The maximum Gasteiger partial charge on any atom is 0.273 e. The van der Waals surface area contributed by atoms with Gasteiger partial charge in [0.2, 0.25) is 0 Å². The maximum atomic E-state index is 12.4. The van der Waals surface area contributed by atoms with E-state index in [1.807, 2.05) is 17.3 Å². The Balaban J connectivity index is 0.00000200. The number of hydrogen-bond donors (Lipinski definition) is 1. The Morgan fingerprint density at radius 3 is 2.65 bits per heavy atom. The molecule has 0 aromatic carbocycles. The molecule has 0 unspecified atom stereocenters. The van der Waals surface area contributed by atoms with E-state index in [4.69, 9.17) is 5.73 Å². The summed E-state index contributed by atoms with van der Waals surface area (Å²) in [5, 5.41) is 2.82. The minimum Gasteiger partial charge on any atom is -0.337 e. The molecule has 1 aromatic heterocycles. The summed E-state index contributed by atoms with van der Waals surface area (Å²) in [4.78, 5) is 18.7. The second-order valence-corrected chi connectivity index (χ2v) is 6.17. The predicted octanol–water partition coefficient (Wildman–Crippen LogP) is 2.86. The lowest BCUT2D eigenvalue weighted by Gasteiger charge is -2.26. The van der Waals surface area contributed by atoms with Crippen LogP contribution in [-0.4, -0.2) is 35.4 Å². The summed E-state index contributed by atoms with van der Waals surface area (Å²) in [5.41, 5.74) is 6.09. The van der Waals surface area contributed by atoms with Gasteiger partial charge in [-0.3, -0.25) is 4.79 Å². The van der Waals surface area contributed by atoms with Crippen molar-refractivity contribution in [3.63, 3.8) is 0 Å². The number of amides is 1. The summed E-state index contributed by atoms with van der Waals surface area (Å²) >= 11 is 1.53. The zero-order valence-corrected chi connectivity index (χ0v) is 13.6. The number of carbonyl (C=O) groups is 1. The lowest BCUT2D eigenvalue weighted by molar-refractivity contribution is 0.0712. The molecule has 1 heterocycles. The minimum atomic E-state index is 0. The maximum absolute atomic E-state index is 12.4. The molecule has 0 saturated heterocycles. The number of nitrogens with two attached hydrogens (primary N) is 1. The van der Waals surface area contributed by atoms with Crippen molar-refractivity contribution < 1.29 is 4.79 Å². The molecule has 0 aliphatic heterocycles. The first-order chi connectivity index (χ1) is 9.22. The molecule has 1 saturated carbocycles. The molecule has 0 spiro atoms. The third kappa shape index (κ3) is 4.43. The van der Waals surface area contributed by atoms with Crippen LogP contribution in [0.5, 0.6) is 0 Å². The highest BCUT2D eigenvalue weighted by molar-refractivity contribution is 7.09. The van der Waals surface area contributed by atoms with E-state index in [9.17, 15) is 4.79 Å². The highest BCUT2D eigenvalue weighted by Gasteiger charge is 2.23. The molecule has 6 heteroatoms. The van der Waals surface area contributed by atoms with Crippen molar-refractivity contribution in [2.45, 2.75) is 51.0 Å². The van der Waals surface area contributed by atoms with Gasteiger partial charge in [0, 0.05) is 24.9 Å². The van der Waals surface area contributed by atoms with Crippen LogP contribution in [0.1, 0.15) is 54.0 Å². The lowest BCUT2D eigenvalue weighted by atomic mass is 10.1. The van der Waals surface area contributed by atoms with Gasteiger partial charge in [0.1, 0.15) is 5.69 Å². The van der Waals surface area contributed by atoms with Gasteiger partial charge in [0.15, 0.2) is 0 Å². The Labute approximate surface area is 131 Å². The normalized spacial score (nSPS) is 16.3. The Bertz CT molecular complexity index is 416. The van der Waals surface area contributed by atoms with Crippen LogP contribution < -0.4 is 5.73 Å². The van der Waals surface area contributed by atoms with E-state index in [1.54, 1.807) is 0 Å². The van der Waals surface area contributed by atoms with Crippen LogP contribution in [0.2, 0.25) is 0 Å². The second-order valence-electron chi connectivity index (χ2n) is 5.23. The number of aromatic nitrogens is 1. The van der Waals surface area contributed by atoms with Crippen molar-refractivity contribution >= 4 is 29.7 Å². The molecule has 2 N–H and O–H groups in total. The Kier molecular flexibility index (Phi) is 7.48. The smallest absolute Gasteiger partial charge is 0.273 e. The molecule has 0 bridgehead atoms. The Morgan fingerprint density at radius 1 is 1.40 bits per heavy atom. The van der Waals surface area contributed by atoms with Crippen LogP contribution in [0.4, 0.5) is 0 Å². The van der Waals surface area contributed by atoms with Crippen molar-refractivity contribution in [2.75, 3.05) is 13.6 Å². The van der Waals surface area contributed by atoms with Gasteiger partial charge in [-0.05, 0) is 19.4 Å². The fourth-order valence-electron chi connectivity index (χ4n) is 2.64. The van der Waals surface area contributed by atoms with E-state index in [-0.39, 0.29) is 18.3 Å². The van der Waals surface area contributed by atoms with E-state index < -0.39 is 0 Å². The first-order valence-electron chi connectivity index (χ1n) is 7.14. The molecule has 0 radical (unpaired) electrons. The zero-order valence-electron chi connectivity index (χ0n) is 12.0. The number of rotatable bonds is 4. The highest BCUT2D eigenvalue weighted by Crippen LogP contribution is 2.22. The zero-order chi connectivity index (χ0) is 13.7. The molecule has 20 heavy (non-hydrogen) atoms. The third-order valence-electron chi connectivity index (χ3n) is 3.82. The van der Waals surface area contributed by atoms with Crippen LogP contribution in [-0.2, 0) is 6.42 Å². The molecule has 2 rings (SSSR count). The van der Waals surface area contributed by atoms with Crippen LogP contribution in [0.3, 0.4) is 0 Å². The number of hydrogen-bond acceptors (Lipinski definition) is 4. The van der Waals surface area contributed by atoms with Crippen LogP contribution in [0, 0.1) is 0 Å². The summed E-state index contributed by atoms with van der Waals surface area (Å²) in [6.45, 7) is 0.583. The molecule has 1 fully saturated rings. The third-order valence-corrected chi connectivity index (χ3v) is 4.73. The van der Waals surface area contributed by atoms with Gasteiger partial charge in [-0.25, -0.2) is 4.98 Å². The molecule has 1 aromatic rings. The summed E-state index contributed by atoms with van der Waals surface area (Å²) in [6, 6.07) is 0.384. The molecular weight excluding hydrogens is 294 g/mol. The van der Waals surface area contributed by atoms with Gasteiger partial charge in [-0.1, -0.05) is 25.7 Å². The lowest BCUT2D eigenvalue weighted by Crippen LogP contribution is -2.36. The van der Waals surface area contributed by atoms with Gasteiger partial charge in [-0.2, -0.15) is 0 Å². The molecule has 1 amide bonds. The Morgan fingerprint density at radius 2 is 2.05 bits per heavy atom. The summed E-state index contributed by atoms with van der Waals surface area (Å²) in [6.07, 6.45) is 8.08. The molecule has 1 aliphatic carbocycles. The fourth-order valence-corrected chi connectivity index (χ4v) is 3.43. The SMILES string of the molecule is CN(C(=O)c1csc(CCN)n1)C1CCCCCC1.Cl. The van der Waals surface area contributed by atoms with Gasteiger partial charge < -0.3 is 10.6 Å². The monoisotopic (exact) mass is 317 g/mol. The van der Waals surface area contributed by atoms with Crippen molar-refractivity contribution in [2.24, 2.45) is 5.73 Å². The minimum absolute atomic E-state index is 0. The van der Waals surface area contributed by atoms with Crippen molar-refractivity contribution in [1.82, 2.24) is 9.88 Å². The van der Waals surface area contributed by atoms with E-state index >= 15 is 0 Å². The van der Waals surface area contributed by atoms with Crippen LogP contribution in [0.15, 0.2) is 5.38 Å². The van der Waals surface area contributed by atoms with Gasteiger partial charge in [-0.15, -0.1) is 23.7 Å². The number of carbonyl (C=O) groups excluding carboxylic acids is 1. The molecule has 4 nitrogen and oxygen atoms in total. The van der Waals surface area contributed by atoms with Crippen LogP contribution >= 0.6 is 23.7 Å². The first kappa shape index (κ1) is 17.4. The van der Waals surface area contributed by atoms with Crippen molar-refractivity contribution in [3.05, 3.63) is 16.1 Å². The van der Waals surface area contributed by atoms with Gasteiger partial charge >= 0.3 is 0 Å². The number of thiazole rings is 1. The largest absolute Gasteiger partial charge is 0.337 e. The predicted molar refractivity (Wildman–Crippen MR) is 85.7 cm³/mol. The van der Waals surface area contributed by atoms with E-state index in [1.165, 1.54) is 37.0 Å². The molecule has 114 valence electrons. The number of nitrogens with zero attached hydrogens (tertiary/aromatic N) is 2.